The van der Waals surface area contributed by atoms with Crippen molar-refractivity contribution in [3.05, 3.63) is 174 Å². The largest absolute Gasteiger partial charge is 0.481 e. The average molecular weight is 633 g/mol. The van der Waals surface area contributed by atoms with Crippen molar-refractivity contribution in [2.45, 2.75) is 49.8 Å². The van der Waals surface area contributed by atoms with Gasteiger partial charge in [-0.1, -0.05) is 175 Å². The van der Waals surface area contributed by atoms with Crippen LogP contribution in [0.3, 0.4) is 0 Å². The smallest absolute Gasteiger partial charge is 0.303 e. The Morgan fingerprint density at radius 2 is 0.872 bits per heavy atom. The Morgan fingerprint density at radius 1 is 0.489 bits per heavy atom. The van der Waals surface area contributed by atoms with Crippen LogP contribution < -0.4 is 0 Å². The van der Waals surface area contributed by atoms with Crippen LogP contribution in [0, 0.1) is 11.2 Å². The second-order valence-electron chi connectivity index (χ2n) is 11.7. The molecule has 0 atom stereocenters. The predicted molar refractivity (Wildman–Crippen MR) is 199 cm³/mol. The molecule has 3 heteroatoms. The first-order valence-electron chi connectivity index (χ1n) is 16.5. The van der Waals surface area contributed by atoms with Gasteiger partial charge in [-0.25, -0.2) is 0 Å². The van der Waals surface area contributed by atoms with E-state index in [0.717, 1.165) is 38.5 Å². The first kappa shape index (κ1) is 31.9. The normalized spacial score (nSPS) is 14.4. The fourth-order valence-electron chi connectivity index (χ4n) is 6.42. The van der Waals surface area contributed by atoms with Crippen LogP contribution in [0.4, 0.5) is 0 Å². The lowest BCUT2D eigenvalue weighted by atomic mass is 9.89. The molecule has 0 unspecified atom stereocenters. The number of allylic oxidation sites excluding steroid dienone is 2. The summed E-state index contributed by atoms with van der Waals surface area (Å²) in [7, 11) is -2.10. The molecule has 0 fully saturated rings. The van der Waals surface area contributed by atoms with Crippen LogP contribution in [-0.2, 0) is 4.79 Å². The quantitative estimate of drug-likeness (QED) is 0.110. The molecule has 2 nitrogen and oxygen atoms in total. The lowest BCUT2D eigenvalue weighted by Crippen LogP contribution is -2.03. The van der Waals surface area contributed by atoms with Gasteiger partial charge >= 0.3 is 5.97 Å². The van der Waals surface area contributed by atoms with Gasteiger partial charge in [0.15, 0.2) is 0 Å². The Labute approximate surface area is 280 Å². The molecular formula is C44H40O2S. The molecule has 0 bridgehead atoms. The van der Waals surface area contributed by atoms with Gasteiger partial charge in [0, 0.05) is 38.7 Å². The average Bonchev–Trinajstić information content (AvgIpc) is 3.44. The summed E-state index contributed by atoms with van der Waals surface area (Å²) in [6, 6.07) is 54.3. The summed E-state index contributed by atoms with van der Waals surface area (Å²) in [5.74, 6) is 3.03. The van der Waals surface area contributed by atoms with E-state index in [-0.39, 0.29) is 6.42 Å². The van der Waals surface area contributed by atoms with Gasteiger partial charge in [0.1, 0.15) is 0 Å². The van der Waals surface area contributed by atoms with Gasteiger partial charge in [0.2, 0.25) is 0 Å². The number of unbranched alkanes of at least 4 members (excludes halogenated alkanes) is 5. The standard InChI is InChI=1S/C44H40O2S/c45-40(46)33-21-4-2-1-3-5-22-34-47(39-31-19-10-20-32-39)43(37-27-15-8-16-28-37)41(35-23-11-6-12-24-35)42(36-25-13-7-14-26-36)44(47)38-29-17-9-18-30-38/h6-20,23-32H,1-5,21,33H2,(H,45,46). The van der Waals surface area contributed by atoms with Crippen molar-refractivity contribution in [2.75, 3.05) is 0 Å². The van der Waals surface area contributed by atoms with Gasteiger partial charge in [-0.15, -0.1) is 0 Å². The highest BCUT2D eigenvalue weighted by molar-refractivity contribution is 8.51. The first-order valence-corrected chi connectivity index (χ1v) is 18.1. The molecule has 0 spiro atoms. The maximum atomic E-state index is 10.9. The predicted octanol–water partition coefficient (Wildman–Crippen LogP) is 11.8. The molecule has 0 saturated carbocycles. The minimum absolute atomic E-state index is 0.249. The van der Waals surface area contributed by atoms with E-state index in [2.05, 4.69) is 163 Å². The van der Waals surface area contributed by atoms with E-state index in [1.54, 1.807) is 0 Å². The second-order valence-corrected chi connectivity index (χ2v) is 14.5. The zero-order valence-corrected chi connectivity index (χ0v) is 27.5. The molecule has 6 rings (SSSR count). The van der Waals surface area contributed by atoms with E-state index in [0.29, 0.717) is 0 Å². The molecule has 0 saturated heterocycles. The van der Waals surface area contributed by atoms with Crippen LogP contribution in [-0.4, -0.2) is 11.1 Å². The Bertz CT molecular complexity index is 1800. The Kier molecular flexibility index (Phi) is 10.5. The fraction of sp³-hybridized carbons (Fsp3) is 0.159. The van der Waals surface area contributed by atoms with Crippen molar-refractivity contribution < 1.29 is 9.90 Å². The maximum absolute atomic E-state index is 10.9. The number of rotatable bonds is 12. The lowest BCUT2D eigenvalue weighted by molar-refractivity contribution is -0.137. The molecule has 47 heavy (non-hydrogen) atoms. The molecule has 1 aliphatic heterocycles. The number of hydrogen-bond donors (Lipinski definition) is 1. The van der Waals surface area contributed by atoms with Crippen LogP contribution in [0.2, 0.25) is 0 Å². The minimum Gasteiger partial charge on any atom is -0.481 e. The molecule has 0 radical (unpaired) electrons. The van der Waals surface area contributed by atoms with Gasteiger partial charge in [-0.2, -0.15) is 0 Å². The van der Waals surface area contributed by atoms with Gasteiger partial charge in [0.05, 0.1) is 0 Å². The highest BCUT2D eigenvalue weighted by atomic mass is 32.3. The zero-order chi connectivity index (χ0) is 32.3. The van der Waals surface area contributed by atoms with Gasteiger partial charge in [-0.3, -0.25) is 4.79 Å². The van der Waals surface area contributed by atoms with E-state index in [4.69, 9.17) is 5.11 Å². The van der Waals surface area contributed by atoms with E-state index < -0.39 is 16.0 Å². The zero-order valence-electron chi connectivity index (χ0n) is 26.6. The van der Waals surface area contributed by atoms with Crippen molar-refractivity contribution in [3.8, 4) is 11.2 Å². The summed E-state index contributed by atoms with van der Waals surface area (Å²) in [6.45, 7) is 0. The number of carboxylic acid groups (broad SMARTS) is 1. The lowest BCUT2D eigenvalue weighted by Gasteiger charge is -2.38. The van der Waals surface area contributed by atoms with Gasteiger partial charge in [0.25, 0.3) is 0 Å². The van der Waals surface area contributed by atoms with E-state index in [1.807, 2.05) is 0 Å². The molecule has 1 aliphatic rings. The third kappa shape index (κ3) is 7.04. The number of hydrogen-bond acceptors (Lipinski definition) is 1. The number of carboxylic acids is 1. The van der Waals surface area contributed by atoms with Crippen molar-refractivity contribution in [1.82, 2.24) is 0 Å². The third-order valence-electron chi connectivity index (χ3n) is 8.53. The van der Waals surface area contributed by atoms with Gasteiger partial charge < -0.3 is 5.11 Å². The monoisotopic (exact) mass is 632 g/mol. The van der Waals surface area contributed by atoms with Crippen molar-refractivity contribution in [1.29, 1.82) is 0 Å². The molecule has 0 aliphatic carbocycles. The minimum atomic E-state index is -2.10. The molecule has 5 aromatic carbocycles. The molecule has 1 heterocycles. The molecule has 5 aromatic rings. The first-order chi connectivity index (χ1) is 23.2. The van der Waals surface area contributed by atoms with E-state index in [9.17, 15) is 4.79 Å². The number of carbonyl (C=O) groups is 1. The Balaban J connectivity index is 1.61. The van der Waals surface area contributed by atoms with Crippen molar-refractivity contribution >= 4 is 37.0 Å². The van der Waals surface area contributed by atoms with Gasteiger partial charge in [-0.05, 0) is 52.5 Å². The van der Waals surface area contributed by atoms with Crippen LogP contribution in [0.15, 0.2) is 157 Å². The summed E-state index contributed by atoms with van der Waals surface area (Å²) in [6.07, 6.45) is 5.81. The van der Waals surface area contributed by atoms with E-state index in [1.165, 1.54) is 48.1 Å². The van der Waals surface area contributed by atoms with Crippen LogP contribution in [0.25, 0.3) is 21.0 Å². The Morgan fingerprint density at radius 3 is 1.32 bits per heavy atom. The topological polar surface area (TPSA) is 37.3 Å². The molecular weight excluding hydrogens is 593 g/mol. The summed E-state index contributed by atoms with van der Waals surface area (Å²) in [5.41, 5.74) is 7.25. The van der Waals surface area contributed by atoms with E-state index >= 15 is 0 Å². The Hall–Kier alpha value is -5.04. The second kappa shape index (κ2) is 15.5. The molecule has 234 valence electrons. The summed E-state index contributed by atoms with van der Waals surface area (Å²) < 4.78 is 0. The van der Waals surface area contributed by atoms with Crippen molar-refractivity contribution in [3.63, 3.8) is 0 Å². The summed E-state index contributed by atoms with van der Waals surface area (Å²) >= 11 is 0. The maximum Gasteiger partial charge on any atom is 0.303 e. The van der Waals surface area contributed by atoms with Crippen LogP contribution in [0.1, 0.15) is 67.2 Å². The molecule has 0 aromatic heterocycles. The molecule has 0 amide bonds. The van der Waals surface area contributed by atoms with Crippen molar-refractivity contribution in [2.24, 2.45) is 0 Å². The van der Waals surface area contributed by atoms with Crippen LogP contribution >= 0.6 is 10.0 Å². The van der Waals surface area contributed by atoms with Crippen LogP contribution in [0.5, 0.6) is 0 Å². The SMILES string of the molecule is O=C(O)CCCCCCCC#CS1(c2ccccc2)C(c2ccccc2)=C(c2ccccc2)C(c2ccccc2)=C1c1ccccc1. The highest BCUT2D eigenvalue weighted by Gasteiger charge is 2.45. The molecule has 1 N–H and O–H groups in total. The number of benzene rings is 5. The number of aliphatic carboxylic acids is 1. The third-order valence-corrected chi connectivity index (χ3v) is 12.1. The highest BCUT2D eigenvalue weighted by Crippen LogP contribution is 2.80. The fourth-order valence-corrected chi connectivity index (χ4v) is 10.3. The summed E-state index contributed by atoms with van der Waals surface area (Å²) in [4.78, 5) is 14.7. The summed E-state index contributed by atoms with van der Waals surface area (Å²) in [5, 5.41) is 13.0.